The third kappa shape index (κ3) is 3.26. The molecule has 4 nitrogen and oxygen atoms in total. The quantitative estimate of drug-likeness (QED) is 0.934. The number of hydrogen-bond acceptors (Lipinski definition) is 2. The van der Waals surface area contributed by atoms with Crippen LogP contribution in [0.2, 0.25) is 0 Å². The molecule has 1 aliphatic heterocycles. The fourth-order valence-electron chi connectivity index (χ4n) is 3.34. The molecule has 1 aromatic heterocycles. The Morgan fingerprint density at radius 3 is 2.65 bits per heavy atom. The Morgan fingerprint density at radius 2 is 2.00 bits per heavy atom. The third-order valence-corrected chi connectivity index (χ3v) is 4.62. The van der Waals surface area contributed by atoms with Crippen molar-refractivity contribution in [1.29, 1.82) is 0 Å². The lowest BCUT2D eigenvalue weighted by molar-refractivity contribution is 0.0712. The van der Waals surface area contributed by atoms with Crippen molar-refractivity contribution >= 4 is 5.91 Å². The molecule has 1 amide bonds. The van der Waals surface area contributed by atoms with Crippen molar-refractivity contribution in [3.05, 3.63) is 53.3 Å². The van der Waals surface area contributed by atoms with E-state index in [2.05, 4.69) is 17.1 Å². The lowest BCUT2D eigenvalue weighted by Gasteiger charge is -2.33. The Kier molecular flexibility index (Phi) is 4.70. The molecular weight excluding hydrogens is 288 g/mol. The van der Waals surface area contributed by atoms with Gasteiger partial charge in [0.05, 0.1) is 12.2 Å². The maximum atomic E-state index is 12.6. The Balaban J connectivity index is 1.67. The number of hydrogen-bond donors (Lipinski definition) is 1. The number of amides is 1. The van der Waals surface area contributed by atoms with Crippen LogP contribution in [0.3, 0.4) is 0 Å². The number of piperidine rings is 1. The van der Waals surface area contributed by atoms with Crippen molar-refractivity contribution < 1.29 is 9.53 Å². The molecule has 2 aromatic rings. The molecule has 0 unspecified atom stereocenters. The molecule has 1 aliphatic rings. The Labute approximate surface area is 137 Å². The molecule has 0 atom stereocenters. The lowest BCUT2D eigenvalue weighted by Crippen LogP contribution is -2.38. The first-order valence-corrected chi connectivity index (χ1v) is 8.35. The van der Waals surface area contributed by atoms with Gasteiger partial charge in [0.1, 0.15) is 5.75 Å². The second-order valence-electron chi connectivity index (χ2n) is 6.09. The minimum absolute atomic E-state index is 0.139. The normalized spacial score (nSPS) is 15.7. The Bertz CT molecular complexity index is 670. The summed E-state index contributed by atoms with van der Waals surface area (Å²) in [5.74, 6) is 1.59. The first-order chi connectivity index (χ1) is 11.2. The number of ether oxygens (including phenoxy) is 1. The molecule has 1 saturated heterocycles. The van der Waals surface area contributed by atoms with Gasteiger partial charge in [-0.1, -0.05) is 18.2 Å². The summed E-state index contributed by atoms with van der Waals surface area (Å²) in [6, 6.07) is 8.28. The average molecular weight is 312 g/mol. The predicted molar refractivity (Wildman–Crippen MR) is 91.0 cm³/mol. The highest BCUT2D eigenvalue weighted by Crippen LogP contribution is 2.34. The second kappa shape index (κ2) is 6.90. The zero-order valence-corrected chi connectivity index (χ0v) is 13.8. The van der Waals surface area contributed by atoms with Gasteiger partial charge in [0.25, 0.3) is 5.91 Å². The molecule has 0 aliphatic carbocycles. The van der Waals surface area contributed by atoms with Crippen LogP contribution in [0.4, 0.5) is 0 Å². The van der Waals surface area contributed by atoms with E-state index in [0.29, 0.717) is 12.5 Å². The van der Waals surface area contributed by atoms with Crippen LogP contribution < -0.4 is 4.74 Å². The molecule has 4 heteroatoms. The van der Waals surface area contributed by atoms with E-state index < -0.39 is 0 Å². The molecule has 23 heavy (non-hydrogen) atoms. The molecule has 2 heterocycles. The van der Waals surface area contributed by atoms with Crippen molar-refractivity contribution in [3.63, 3.8) is 0 Å². The number of para-hydroxylation sites is 1. The van der Waals surface area contributed by atoms with Gasteiger partial charge < -0.3 is 14.6 Å². The summed E-state index contributed by atoms with van der Waals surface area (Å²) >= 11 is 0. The zero-order chi connectivity index (χ0) is 16.2. The van der Waals surface area contributed by atoms with Gasteiger partial charge in [0.15, 0.2) is 0 Å². The maximum absolute atomic E-state index is 12.6. The molecule has 3 rings (SSSR count). The van der Waals surface area contributed by atoms with Crippen LogP contribution in [-0.4, -0.2) is 35.5 Å². The van der Waals surface area contributed by atoms with Crippen LogP contribution in [0.1, 0.15) is 47.2 Å². The summed E-state index contributed by atoms with van der Waals surface area (Å²) in [6.45, 7) is 6.26. The monoisotopic (exact) mass is 312 g/mol. The van der Waals surface area contributed by atoms with Gasteiger partial charge in [-0.15, -0.1) is 0 Å². The van der Waals surface area contributed by atoms with Crippen LogP contribution in [0.5, 0.6) is 5.75 Å². The van der Waals surface area contributed by atoms with E-state index in [1.807, 2.05) is 37.1 Å². The number of carbonyl (C=O) groups excluding carboxylic acids is 1. The van der Waals surface area contributed by atoms with Gasteiger partial charge >= 0.3 is 0 Å². The van der Waals surface area contributed by atoms with Gasteiger partial charge in [-0.25, -0.2) is 0 Å². The minimum Gasteiger partial charge on any atom is -0.494 e. The number of aromatic amines is 1. The summed E-state index contributed by atoms with van der Waals surface area (Å²) in [7, 11) is 0. The number of nitrogens with one attached hydrogen (secondary N) is 1. The van der Waals surface area contributed by atoms with E-state index in [9.17, 15) is 4.79 Å². The fourth-order valence-corrected chi connectivity index (χ4v) is 3.34. The SMILES string of the molecule is CCOc1ccccc1C1CCN(C(=O)c2c[nH]cc2C)CC1. The Morgan fingerprint density at radius 1 is 1.26 bits per heavy atom. The number of carbonyl (C=O) groups is 1. The standard InChI is InChI=1S/C19H24N2O2/c1-3-23-18-7-5-4-6-16(18)15-8-10-21(11-9-15)19(22)17-13-20-12-14(17)2/h4-7,12-13,15,20H,3,8-11H2,1-2H3. The van der Waals surface area contributed by atoms with Gasteiger partial charge in [0, 0.05) is 25.5 Å². The van der Waals surface area contributed by atoms with E-state index in [4.69, 9.17) is 4.74 Å². The van der Waals surface area contributed by atoms with Gasteiger partial charge in [-0.05, 0) is 49.8 Å². The molecule has 0 saturated carbocycles. The first kappa shape index (κ1) is 15.7. The second-order valence-corrected chi connectivity index (χ2v) is 6.09. The number of H-pyrrole nitrogens is 1. The van der Waals surface area contributed by atoms with Crippen molar-refractivity contribution in [2.45, 2.75) is 32.6 Å². The molecule has 1 aromatic carbocycles. The van der Waals surface area contributed by atoms with Crippen LogP contribution >= 0.6 is 0 Å². The summed E-state index contributed by atoms with van der Waals surface area (Å²) in [6.07, 6.45) is 5.64. The molecule has 1 N–H and O–H groups in total. The summed E-state index contributed by atoms with van der Waals surface area (Å²) in [4.78, 5) is 17.6. The number of benzene rings is 1. The van der Waals surface area contributed by atoms with Crippen molar-refractivity contribution in [1.82, 2.24) is 9.88 Å². The first-order valence-electron chi connectivity index (χ1n) is 8.35. The van der Waals surface area contributed by atoms with Crippen LogP contribution in [0, 0.1) is 6.92 Å². The highest BCUT2D eigenvalue weighted by molar-refractivity contribution is 5.95. The predicted octanol–water partition coefficient (Wildman–Crippen LogP) is 3.74. The molecule has 0 bridgehead atoms. The summed E-state index contributed by atoms with van der Waals surface area (Å²) in [5, 5.41) is 0. The number of aryl methyl sites for hydroxylation is 1. The molecular formula is C19H24N2O2. The fraction of sp³-hybridized carbons (Fsp3) is 0.421. The van der Waals surface area contributed by atoms with E-state index >= 15 is 0 Å². The highest BCUT2D eigenvalue weighted by atomic mass is 16.5. The van der Waals surface area contributed by atoms with Gasteiger partial charge in [-0.3, -0.25) is 4.79 Å². The Hall–Kier alpha value is -2.23. The number of nitrogens with zero attached hydrogens (tertiary/aromatic N) is 1. The van der Waals surface area contributed by atoms with Crippen LogP contribution in [0.15, 0.2) is 36.7 Å². The van der Waals surface area contributed by atoms with E-state index in [0.717, 1.165) is 42.8 Å². The number of aromatic nitrogens is 1. The van der Waals surface area contributed by atoms with Crippen LogP contribution in [-0.2, 0) is 0 Å². The van der Waals surface area contributed by atoms with Gasteiger partial charge in [-0.2, -0.15) is 0 Å². The number of rotatable bonds is 4. The molecule has 0 radical (unpaired) electrons. The lowest BCUT2D eigenvalue weighted by atomic mass is 9.88. The van der Waals surface area contributed by atoms with E-state index in [1.54, 1.807) is 6.20 Å². The number of likely N-dealkylation sites (tertiary alicyclic amines) is 1. The van der Waals surface area contributed by atoms with E-state index in [1.165, 1.54) is 5.56 Å². The largest absolute Gasteiger partial charge is 0.494 e. The smallest absolute Gasteiger partial charge is 0.255 e. The maximum Gasteiger partial charge on any atom is 0.255 e. The van der Waals surface area contributed by atoms with Crippen molar-refractivity contribution in [2.24, 2.45) is 0 Å². The van der Waals surface area contributed by atoms with Crippen LogP contribution in [0.25, 0.3) is 0 Å². The van der Waals surface area contributed by atoms with Gasteiger partial charge in [0.2, 0.25) is 0 Å². The molecule has 0 spiro atoms. The molecule has 122 valence electrons. The topological polar surface area (TPSA) is 45.3 Å². The minimum atomic E-state index is 0.139. The summed E-state index contributed by atoms with van der Waals surface area (Å²) < 4.78 is 5.75. The van der Waals surface area contributed by atoms with Crippen molar-refractivity contribution in [2.75, 3.05) is 19.7 Å². The molecule has 1 fully saturated rings. The zero-order valence-electron chi connectivity index (χ0n) is 13.8. The highest BCUT2D eigenvalue weighted by Gasteiger charge is 2.26. The average Bonchev–Trinajstić information content (AvgIpc) is 3.01. The van der Waals surface area contributed by atoms with Crippen molar-refractivity contribution in [3.8, 4) is 5.75 Å². The van der Waals surface area contributed by atoms with E-state index in [-0.39, 0.29) is 5.91 Å². The third-order valence-electron chi connectivity index (χ3n) is 4.62. The summed E-state index contributed by atoms with van der Waals surface area (Å²) in [5.41, 5.74) is 3.08.